The molecule has 0 atom stereocenters. The summed E-state index contributed by atoms with van der Waals surface area (Å²) < 4.78 is 12.8. The van der Waals surface area contributed by atoms with Gasteiger partial charge in [-0.1, -0.05) is 12.1 Å². The van der Waals surface area contributed by atoms with E-state index in [1.54, 1.807) is 12.1 Å². The standard InChI is InChI=1S/C16H17FN2OS/c17-11-7-5-10(6-8-11)9-19-16(20)14-12-3-1-2-4-13(12)21-15(14)18/h5-8H,1-4,9,18H2,(H,19,20). The number of nitrogens with one attached hydrogen (secondary N) is 1. The van der Waals surface area contributed by atoms with Gasteiger partial charge in [-0.2, -0.15) is 0 Å². The fourth-order valence-corrected chi connectivity index (χ4v) is 3.87. The molecule has 1 aliphatic carbocycles. The van der Waals surface area contributed by atoms with E-state index in [1.807, 2.05) is 0 Å². The minimum Gasteiger partial charge on any atom is -0.390 e. The molecule has 0 spiro atoms. The van der Waals surface area contributed by atoms with E-state index < -0.39 is 0 Å². The van der Waals surface area contributed by atoms with Gasteiger partial charge in [-0.25, -0.2) is 4.39 Å². The Hall–Kier alpha value is -1.88. The van der Waals surface area contributed by atoms with Crippen molar-refractivity contribution in [3.05, 3.63) is 51.7 Å². The van der Waals surface area contributed by atoms with Gasteiger partial charge < -0.3 is 11.1 Å². The van der Waals surface area contributed by atoms with Crippen LogP contribution in [0.5, 0.6) is 0 Å². The van der Waals surface area contributed by atoms with Crippen LogP contribution in [0.15, 0.2) is 24.3 Å². The average molecular weight is 304 g/mol. The number of halogens is 1. The number of rotatable bonds is 3. The first kappa shape index (κ1) is 14.1. The molecule has 0 bridgehead atoms. The van der Waals surface area contributed by atoms with E-state index in [4.69, 9.17) is 5.73 Å². The lowest BCUT2D eigenvalue weighted by Crippen LogP contribution is -2.24. The third-order valence-corrected chi connectivity index (χ3v) is 4.91. The van der Waals surface area contributed by atoms with Crippen LogP contribution in [0, 0.1) is 5.82 Å². The molecule has 1 amide bonds. The van der Waals surface area contributed by atoms with Crippen molar-refractivity contribution in [1.82, 2.24) is 5.32 Å². The summed E-state index contributed by atoms with van der Waals surface area (Å²) in [5.74, 6) is -0.405. The average Bonchev–Trinajstić information content (AvgIpc) is 2.82. The number of nitrogen functional groups attached to an aromatic ring is 1. The Morgan fingerprint density at radius 2 is 1.95 bits per heavy atom. The Balaban J connectivity index is 1.73. The van der Waals surface area contributed by atoms with Crippen LogP contribution in [-0.2, 0) is 19.4 Å². The van der Waals surface area contributed by atoms with E-state index in [0.29, 0.717) is 17.1 Å². The number of fused-ring (bicyclic) bond motifs is 1. The number of hydrogen-bond donors (Lipinski definition) is 2. The fraction of sp³-hybridized carbons (Fsp3) is 0.312. The molecular weight excluding hydrogens is 287 g/mol. The van der Waals surface area contributed by atoms with Crippen molar-refractivity contribution in [1.29, 1.82) is 0 Å². The number of carbonyl (C=O) groups excluding carboxylic acids is 1. The molecule has 3 N–H and O–H groups in total. The number of hydrogen-bond acceptors (Lipinski definition) is 3. The van der Waals surface area contributed by atoms with E-state index in [9.17, 15) is 9.18 Å². The second-order valence-corrected chi connectivity index (χ2v) is 6.40. The van der Waals surface area contributed by atoms with E-state index in [-0.39, 0.29) is 11.7 Å². The smallest absolute Gasteiger partial charge is 0.254 e. The van der Waals surface area contributed by atoms with Crippen LogP contribution in [0.4, 0.5) is 9.39 Å². The van der Waals surface area contributed by atoms with Crippen LogP contribution in [0.3, 0.4) is 0 Å². The highest BCUT2D eigenvalue weighted by molar-refractivity contribution is 7.16. The van der Waals surface area contributed by atoms with Gasteiger partial charge in [-0.05, 0) is 48.9 Å². The molecule has 0 radical (unpaired) electrons. The number of carbonyl (C=O) groups is 1. The molecule has 0 saturated heterocycles. The normalized spacial score (nSPS) is 13.8. The highest BCUT2D eigenvalue weighted by atomic mass is 32.1. The molecular formula is C16H17FN2OS. The van der Waals surface area contributed by atoms with E-state index in [1.165, 1.54) is 34.8 Å². The van der Waals surface area contributed by atoms with Crippen LogP contribution < -0.4 is 11.1 Å². The summed E-state index contributed by atoms with van der Waals surface area (Å²) in [6, 6.07) is 6.12. The Morgan fingerprint density at radius 1 is 1.24 bits per heavy atom. The van der Waals surface area contributed by atoms with Gasteiger partial charge in [0.2, 0.25) is 0 Å². The molecule has 1 aromatic carbocycles. The largest absolute Gasteiger partial charge is 0.390 e. The van der Waals surface area contributed by atoms with Crippen molar-refractivity contribution in [2.24, 2.45) is 0 Å². The SMILES string of the molecule is Nc1sc2c(c1C(=O)NCc1ccc(F)cc1)CCCC2. The van der Waals surface area contributed by atoms with Crippen molar-refractivity contribution in [3.8, 4) is 0 Å². The fourth-order valence-electron chi connectivity index (χ4n) is 2.71. The molecule has 1 heterocycles. The summed E-state index contributed by atoms with van der Waals surface area (Å²) in [7, 11) is 0. The van der Waals surface area contributed by atoms with Crippen LogP contribution in [0.25, 0.3) is 0 Å². The van der Waals surface area contributed by atoms with Gasteiger partial charge in [0, 0.05) is 11.4 Å². The Kier molecular flexibility index (Phi) is 3.92. The zero-order valence-corrected chi connectivity index (χ0v) is 12.4. The van der Waals surface area contributed by atoms with Crippen molar-refractivity contribution in [3.63, 3.8) is 0 Å². The molecule has 110 valence electrons. The van der Waals surface area contributed by atoms with Gasteiger partial charge in [0.25, 0.3) is 5.91 Å². The third kappa shape index (κ3) is 2.93. The van der Waals surface area contributed by atoms with E-state index >= 15 is 0 Å². The molecule has 3 rings (SSSR count). The number of anilines is 1. The first-order chi connectivity index (χ1) is 10.1. The third-order valence-electron chi connectivity index (χ3n) is 3.79. The molecule has 3 nitrogen and oxygen atoms in total. The summed E-state index contributed by atoms with van der Waals surface area (Å²) in [4.78, 5) is 13.6. The highest BCUT2D eigenvalue weighted by Gasteiger charge is 2.23. The maximum atomic E-state index is 12.8. The van der Waals surface area contributed by atoms with Gasteiger partial charge >= 0.3 is 0 Å². The predicted molar refractivity (Wildman–Crippen MR) is 82.9 cm³/mol. The molecule has 1 aliphatic rings. The molecule has 0 fully saturated rings. The second-order valence-electron chi connectivity index (χ2n) is 5.26. The van der Waals surface area contributed by atoms with Crippen LogP contribution in [0.2, 0.25) is 0 Å². The van der Waals surface area contributed by atoms with Crippen molar-refractivity contribution in [2.45, 2.75) is 32.2 Å². The number of aryl methyl sites for hydroxylation is 1. The Bertz CT molecular complexity index is 664. The molecule has 21 heavy (non-hydrogen) atoms. The van der Waals surface area contributed by atoms with Crippen molar-refractivity contribution < 1.29 is 9.18 Å². The monoisotopic (exact) mass is 304 g/mol. The van der Waals surface area contributed by atoms with Gasteiger partial charge in [0.1, 0.15) is 5.82 Å². The highest BCUT2D eigenvalue weighted by Crippen LogP contribution is 2.36. The first-order valence-electron chi connectivity index (χ1n) is 7.08. The minimum atomic E-state index is -0.277. The summed E-state index contributed by atoms with van der Waals surface area (Å²) >= 11 is 1.54. The maximum Gasteiger partial charge on any atom is 0.254 e. The molecule has 0 aliphatic heterocycles. The van der Waals surface area contributed by atoms with Crippen molar-refractivity contribution in [2.75, 3.05) is 5.73 Å². The van der Waals surface area contributed by atoms with Gasteiger partial charge in [0.05, 0.1) is 10.6 Å². The number of benzene rings is 1. The molecule has 2 aromatic rings. The zero-order valence-electron chi connectivity index (χ0n) is 11.6. The van der Waals surface area contributed by atoms with E-state index in [0.717, 1.165) is 30.4 Å². The van der Waals surface area contributed by atoms with Gasteiger partial charge in [0.15, 0.2) is 0 Å². The van der Waals surface area contributed by atoms with Gasteiger partial charge in [-0.3, -0.25) is 4.79 Å². The van der Waals surface area contributed by atoms with Crippen molar-refractivity contribution >= 4 is 22.2 Å². The first-order valence-corrected chi connectivity index (χ1v) is 7.89. The summed E-state index contributed by atoms with van der Waals surface area (Å²) in [6.45, 7) is 0.378. The van der Waals surface area contributed by atoms with Gasteiger partial charge in [-0.15, -0.1) is 11.3 Å². The molecule has 0 unspecified atom stereocenters. The predicted octanol–water partition coefficient (Wildman–Crippen LogP) is 3.28. The summed E-state index contributed by atoms with van der Waals surface area (Å²) in [6.07, 6.45) is 4.24. The zero-order chi connectivity index (χ0) is 14.8. The van der Waals surface area contributed by atoms with Crippen LogP contribution in [0.1, 0.15) is 39.2 Å². The lowest BCUT2D eigenvalue weighted by molar-refractivity contribution is 0.0951. The Morgan fingerprint density at radius 3 is 2.71 bits per heavy atom. The quantitative estimate of drug-likeness (QED) is 0.914. The lowest BCUT2D eigenvalue weighted by Gasteiger charge is -2.12. The minimum absolute atomic E-state index is 0.128. The Labute approximate surface area is 127 Å². The second kappa shape index (κ2) is 5.85. The summed E-state index contributed by atoms with van der Waals surface area (Å²) in [5, 5.41) is 3.49. The summed E-state index contributed by atoms with van der Waals surface area (Å²) in [5.41, 5.74) is 8.66. The lowest BCUT2D eigenvalue weighted by atomic mass is 9.95. The molecule has 1 aromatic heterocycles. The molecule has 0 saturated carbocycles. The van der Waals surface area contributed by atoms with Crippen LogP contribution >= 0.6 is 11.3 Å². The topological polar surface area (TPSA) is 55.1 Å². The van der Waals surface area contributed by atoms with E-state index in [2.05, 4.69) is 5.32 Å². The number of amides is 1. The maximum absolute atomic E-state index is 12.8. The number of thiophene rings is 1. The number of nitrogens with two attached hydrogens (primary N) is 1. The van der Waals surface area contributed by atoms with Crippen LogP contribution in [-0.4, -0.2) is 5.91 Å². The molecule has 5 heteroatoms.